The molecule has 2 atom stereocenters. The lowest BCUT2D eigenvalue weighted by molar-refractivity contribution is -0.144. The number of methoxy groups -OCH3 is 1. The molecule has 0 N–H and O–H groups in total. The minimum Gasteiger partial charge on any atom is -0.468 e. The fourth-order valence-electron chi connectivity index (χ4n) is 1.99. The molecule has 0 saturated heterocycles. The van der Waals surface area contributed by atoms with E-state index in [0.29, 0.717) is 17.6 Å². The smallest absolute Gasteiger partial charge is 0.325 e. The summed E-state index contributed by atoms with van der Waals surface area (Å²) < 4.78 is 10.2. The molecule has 1 fully saturated rings. The summed E-state index contributed by atoms with van der Waals surface area (Å²) in [4.78, 5) is 24.1. The SMILES string of the molecule is COC(=O)CN(C)C(=O)/C=C/c1ccc(C2CC2C)o1. The Labute approximate surface area is 118 Å². The molecule has 1 aliphatic carbocycles. The molecular weight excluding hydrogens is 258 g/mol. The van der Waals surface area contributed by atoms with Gasteiger partial charge in [0.25, 0.3) is 0 Å². The van der Waals surface area contributed by atoms with Crippen LogP contribution in [-0.2, 0) is 14.3 Å². The molecule has 0 spiro atoms. The zero-order chi connectivity index (χ0) is 14.7. The van der Waals surface area contributed by atoms with Crippen LogP contribution < -0.4 is 0 Å². The monoisotopic (exact) mass is 277 g/mol. The molecule has 1 aromatic heterocycles. The maximum absolute atomic E-state index is 11.8. The zero-order valence-electron chi connectivity index (χ0n) is 12.0. The summed E-state index contributed by atoms with van der Waals surface area (Å²) in [5, 5.41) is 0. The first-order valence-corrected chi connectivity index (χ1v) is 6.61. The molecule has 0 radical (unpaired) electrons. The summed E-state index contributed by atoms with van der Waals surface area (Å²) in [6.07, 6.45) is 4.17. The third kappa shape index (κ3) is 3.50. The molecule has 1 aromatic rings. The first-order chi connectivity index (χ1) is 9.51. The van der Waals surface area contributed by atoms with Crippen molar-refractivity contribution in [2.75, 3.05) is 20.7 Å². The van der Waals surface area contributed by atoms with E-state index in [9.17, 15) is 9.59 Å². The number of nitrogens with zero attached hydrogens (tertiary/aromatic N) is 1. The maximum Gasteiger partial charge on any atom is 0.325 e. The van der Waals surface area contributed by atoms with E-state index >= 15 is 0 Å². The van der Waals surface area contributed by atoms with Crippen LogP contribution in [0.1, 0.15) is 30.8 Å². The Morgan fingerprint density at radius 1 is 1.50 bits per heavy atom. The molecule has 0 aliphatic heterocycles. The second-order valence-electron chi connectivity index (χ2n) is 5.16. The van der Waals surface area contributed by atoms with E-state index in [1.54, 1.807) is 13.1 Å². The molecule has 0 bridgehead atoms. The van der Waals surface area contributed by atoms with Gasteiger partial charge < -0.3 is 14.1 Å². The van der Waals surface area contributed by atoms with E-state index < -0.39 is 5.97 Å². The molecule has 2 rings (SSSR count). The van der Waals surface area contributed by atoms with Gasteiger partial charge in [0.1, 0.15) is 18.1 Å². The highest BCUT2D eigenvalue weighted by Crippen LogP contribution is 2.47. The van der Waals surface area contributed by atoms with Crippen molar-refractivity contribution in [3.05, 3.63) is 29.7 Å². The van der Waals surface area contributed by atoms with E-state index in [1.165, 1.54) is 18.1 Å². The van der Waals surface area contributed by atoms with Crippen LogP contribution in [0.3, 0.4) is 0 Å². The van der Waals surface area contributed by atoms with Crippen molar-refractivity contribution in [2.24, 2.45) is 5.92 Å². The van der Waals surface area contributed by atoms with Crippen molar-refractivity contribution in [2.45, 2.75) is 19.3 Å². The summed E-state index contributed by atoms with van der Waals surface area (Å²) in [5.74, 6) is 2.12. The number of carbonyl (C=O) groups excluding carboxylic acids is 2. The molecule has 5 nitrogen and oxygen atoms in total. The minimum atomic E-state index is -0.447. The molecule has 1 aliphatic rings. The topological polar surface area (TPSA) is 59.8 Å². The second-order valence-corrected chi connectivity index (χ2v) is 5.16. The number of esters is 1. The lowest BCUT2D eigenvalue weighted by Gasteiger charge is -2.12. The highest BCUT2D eigenvalue weighted by Gasteiger charge is 2.36. The average Bonchev–Trinajstić information content (AvgIpc) is 2.98. The minimum absolute atomic E-state index is 0.0668. The Balaban J connectivity index is 1.90. The van der Waals surface area contributed by atoms with Gasteiger partial charge in [0.15, 0.2) is 0 Å². The fraction of sp³-hybridized carbons (Fsp3) is 0.467. The highest BCUT2D eigenvalue weighted by molar-refractivity contribution is 5.93. The largest absolute Gasteiger partial charge is 0.468 e. The number of furan rings is 1. The van der Waals surface area contributed by atoms with Crippen LogP contribution >= 0.6 is 0 Å². The van der Waals surface area contributed by atoms with Crippen LogP contribution in [0.5, 0.6) is 0 Å². The zero-order valence-corrected chi connectivity index (χ0v) is 12.0. The molecule has 1 amide bonds. The van der Waals surface area contributed by atoms with Crippen molar-refractivity contribution in [1.29, 1.82) is 0 Å². The lowest BCUT2D eigenvalue weighted by Crippen LogP contribution is -2.31. The van der Waals surface area contributed by atoms with Crippen molar-refractivity contribution in [3.63, 3.8) is 0 Å². The molecule has 1 heterocycles. The Hall–Kier alpha value is -2.04. The van der Waals surface area contributed by atoms with Crippen LogP contribution in [0.2, 0.25) is 0 Å². The van der Waals surface area contributed by atoms with Crippen molar-refractivity contribution in [1.82, 2.24) is 4.90 Å². The average molecular weight is 277 g/mol. The summed E-state index contributed by atoms with van der Waals surface area (Å²) in [5.41, 5.74) is 0. The van der Waals surface area contributed by atoms with Gasteiger partial charge in [0.05, 0.1) is 7.11 Å². The Morgan fingerprint density at radius 2 is 2.20 bits per heavy atom. The molecule has 1 saturated carbocycles. The van der Waals surface area contributed by atoms with Gasteiger partial charge in [-0.2, -0.15) is 0 Å². The van der Waals surface area contributed by atoms with Crippen LogP contribution in [0.25, 0.3) is 6.08 Å². The maximum atomic E-state index is 11.8. The normalized spacial score (nSPS) is 20.9. The number of hydrogen-bond acceptors (Lipinski definition) is 4. The van der Waals surface area contributed by atoms with E-state index in [-0.39, 0.29) is 12.5 Å². The third-order valence-corrected chi connectivity index (χ3v) is 3.48. The summed E-state index contributed by atoms with van der Waals surface area (Å²) in [6.45, 7) is 2.12. The van der Waals surface area contributed by atoms with Gasteiger partial charge in [-0.05, 0) is 30.5 Å². The number of amides is 1. The molecule has 108 valence electrons. The van der Waals surface area contributed by atoms with Crippen LogP contribution in [-0.4, -0.2) is 37.5 Å². The summed E-state index contributed by atoms with van der Waals surface area (Å²) >= 11 is 0. The number of ether oxygens (including phenoxy) is 1. The van der Waals surface area contributed by atoms with Gasteiger partial charge >= 0.3 is 5.97 Å². The van der Waals surface area contributed by atoms with Gasteiger partial charge in [-0.3, -0.25) is 9.59 Å². The molecule has 2 unspecified atom stereocenters. The van der Waals surface area contributed by atoms with E-state index in [1.807, 2.05) is 12.1 Å². The molecule has 20 heavy (non-hydrogen) atoms. The Bertz CT molecular complexity index is 532. The predicted molar refractivity (Wildman–Crippen MR) is 73.9 cm³/mol. The standard InChI is InChI=1S/C15H19NO4/c1-10-8-12(10)13-6-4-11(20-13)5-7-14(17)16(2)9-15(18)19-3/h4-7,10,12H,8-9H2,1-3H3/b7-5+. The van der Waals surface area contributed by atoms with Gasteiger partial charge in [0, 0.05) is 19.0 Å². The van der Waals surface area contributed by atoms with Crippen molar-refractivity contribution < 1.29 is 18.7 Å². The van der Waals surface area contributed by atoms with Gasteiger partial charge in [-0.1, -0.05) is 6.92 Å². The van der Waals surface area contributed by atoms with Crippen LogP contribution in [0, 0.1) is 5.92 Å². The first-order valence-electron chi connectivity index (χ1n) is 6.61. The first kappa shape index (κ1) is 14.4. The van der Waals surface area contributed by atoms with Crippen molar-refractivity contribution in [3.8, 4) is 0 Å². The third-order valence-electron chi connectivity index (χ3n) is 3.48. The Morgan fingerprint density at radius 3 is 2.80 bits per heavy atom. The van der Waals surface area contributed by atoms with Gasteiger partial charge in [-0.25, -0.2) is 0 Å². The number of likely N-dealkylation sites (N-methyl/N-ethyl adjacent to an activating group) is 1. The molecular formula is C15H19NO4. The lowest BCUT2D eigenvalue weighted by atomic mass is 10.3. The summed E-state index contributed by atoms with van der Waals surface area (Å²) in [7, 11) is 2.84. The van der Waals surface area contributed by atoms with Crippen LogP contribution in [0.15, 0.2) is 22.6 Å². The second kappa shape index (κ2) is 5.94. The van der Waals surface area contributed by atoms with E-state index in [4.69, 9.17) is 4.42 Å². The predicted octanol–water partition coefficient (Wildman–Crippen LogP) is 2.05. The quantitative estimate of drug-likeness (QED) is 0.610. The van der Waals surface area contributed by atoms with E-state index in [2.05, 4.69) is 11.7 Å². The number of rotatable bonds is 5. The van der Waals surface area contributed by atoms with Gasteiger partial charge in [0.2, 0.25) is 5.91 Å². The van der Waals surface area contributed by atoms with E-state index in [0.717, 1.165) is 12.2 Å². The van der Waals surface area contributed by atoms with Crippen molar-refractivity contribution >= 4 is 18.0 Å². The van der Waals surface area contributed by atoms with Gasteiger partial charge in [-0.15, -0.1) is 0 Å². The number of hydrogen-bond donors (Lipinski definition) is 0. The summed E-state index contributed by atoms with van der Waals surface area (Å²) in [6, 6.07) is 3.81. The Kier molecular flexibility index (Phi) is 4.27. The molecule has 0 aromatic carbocycles. The molecule has 5 heteroatoms. The van der Waals surface area contributed by atoms with Crippen LogP contribution in [0.4, 0.5) is 0 Å². The number of carbonyl (C=O) groups is 2. The fourth-order valence-corrected chi connectivity index (χ4v) is 1.99. The highest BCUT2D eigenvalue weighted by atomic mass is 16.5.